The van der Waals surface area contributed by atoms with Crippen LogP contribution in [0.5, 0.6) is 0 Å². The van der Waals surface area contributed by atoms with Crippen molar-refractivity contribution < 1.29 is 9.59 Å². The molecule has 0 bridgehead atoms. The Hall–Kier alpha value is -2.12. The zero-order valence-electron chi connectivity index (χ0n) is 14.4. The summed E-state index contributed by atoms with van der Waals surface area (Å²) in [6.07, 6.45) is 2.00. The first-order valence-electron chi connectivity index (χ1n) is 8.31. The maximum Gasteiger partial charge on any atom is 0.273 e. The second-order valence-corrected chi connectivity index (χ2v) is 6.20. The van der Waals surface area contributed by atoms with Crippen LogP contribution < -0.4 is 10.6 Å². The van der Waals surface area contributed by atoms with Crippen LogP contribution in [0.25, 0.3) is 10.9 Å². The molecule has 25 heavy (non-hydrogen) atoms. The van der Waals surface area contributed by atoms with Crippen molar-refractivity contribution in [3.63, 3.8) is 0 Å². The first-order valence-corrected chi connectivity index (χ1v) is 8.31. The number of H-pyrrole nitrogens is 1. The third kappa shape index (κ3) is 3.93. The Bertz CT molecular complexity index is 747. The number of nitrogens with one attached hydrogen (secondary N) is 3. The quantitative estimate of drug-likeness (QED) is 0.745. The minimum Gasteiger partial charge on any atom is -0.339 e. The maximum atomic E-state index is 12.7. The van der Waals surface area contributed by atoms with Crippen molar-refractivity contribution in [1.82, 2.24) is 25.7 Å². The van der Waals surface area contributed by atoms with Crippen molar-refractivity contribution in [2.75, 3.05) is 20.1 Å². The van der Waals surface area contributed by atoms with Crippen LogP contribution in [0.3, 0.4) is 0 Å². The lowest BCUT2D eigenvalue weighted by Gasteiger charge is -2.27. The number of para-hydroxylation sites is 1. The van der Waals surface area contributed by atoms with Crippen molar-refractivity contribution in [3.8, 4) is 0 Å². The number of aromatic amines is 1. The summed E-state index contributed by atoms with van der Waals surface area (Å²) in [4.78, 5) is 27.0. The molecule has 1 aromatic carbocycles. The van der Waals surface area contributed by atoms with Gasteiger partial charge in [-0.15, -0.1) is 12.4 Å². The molecule has 0 spiro atoms. The monoisotopic (exact) mass is 365 g/mol. The number of rotatable bonds is 5. The van der Waals surface area contributed by atoms with Gasteiger partial charge in [-0.1, -0.05) is 18.2 Å². The minimum absolute atomic E-state index is 0. The lowest BCUT2D eigenvalue weighted by atomic mass is 10.2. The molecule has 1 fully saturated rings. The summed E-state index contributed by atoms with van der Waals surface area (Å²) >= 11 is 0. The fourth-order valence-corrected chi connectivity index (χ4v) is 3.29. The molecule has 2 unspecified atom stereocenters. The van der Waals surface area contributed by atoms with Crippen LogP contribution in [0.15, 0.2) is 24.3 Å². The Labute approximate surface area is 152 Å². The summed E-state index contributed by atoms with van der Waals surface area (Å²) in [5.41, 5.74) is 1.12. The topological polar surface area (TPSA) is 90.1 Å². The van der Waals surface area contributed by atoms with Crippen molar-refractivity contribution in [2.45, 2.75) is 31.8 Å². The van der Waals surface area contributed by atoms with E-state index in [0.717, 1.165) is 36.8 Å². The van der Waals surface area contributed by atoms with Crippen molar-refractivity contribution in [3.05, 3.63) is 30.0 Å². The normalized spacial score (nSPS) is 18.0. The number of aromatic nitrogens is 2. The van der Waals surface area contributed by atoms with Gasteiger partial charge in [-0.05, 0) is 32.9 Å². The average molecular weight is 366 g/mol. The number of carbonyl (C=O) groups is 2. The molecule has 1 aliphatic heterocycles. The Morgan fingerprint density at radius 1 is 1.40 bits per heavy atom. The number of amides is 2. The van der Waals surface area contributed by atoms with E-state index in [-0.39, 0.29) is 30.3 Å². The number of nitrogens with zero attached hydrogens (tertiary/aromatic N) is 2. The third-order valence-electron chi connectivity index (χ3n) is 4.50. The van der Waals surface area contributed by atoms with Crippen molar-refractivity contribution in [1.29, 1.82) is 0 Å². The van der Waals surface area contributed by atoms with Gasteiger partial charge in [-0.25, -0.2) is 0 Å². The summed E-state index contributed by atoms with van der Waals surface area (Å²) in [6, 6.07) is 7.06. The van der Waals surface area contributed by atoms with Gasteiger partial charge >= 0.3 is 0 Å². The zero-order valence-corrected chi connectivity index (χ0v) is 15.2. The van der Waals surface area contributed by atoms with Crippen molar-refractivity contribution in [2.24, 2.45) is 0 Å². The number of likely N-dealkylation sites (tertiary alicyclic amines) is 1. The molecular weight excluding hydrogens is 342 g/mol. The largest absolute Gasteiger partial charge is 0.339 e. The molecule has 1 saturated heterocycles. The first kappa shape index (κ1) is 19.2. The Balaban J connectivity index is 0.00000225. The lowest BCUT2D eigenvalue weighted by molar-refractivity contribution is -0.133. The predicted octanol–water partition coefficient (Wildman–Crippen LogP) is 1.31. The molecule has 2 heterocycles. The van der Waals surface area contributed by atoms with Gasteiger partial charge in [0.25, 0.3) is 5.91 Å². The Morgan fingerprint density at radius 2 is 2.16 bits per heavy atom. The van der Waals surface area contributed by atoms with E-state index in [9.17, 15) is 9.59 Å². The van der Waals surface area contributed by atoms with Gasteiger partial charge in [-0.2, -0.15) is 5.10 Å². The molecule has 8 heteroatoms. The van der Waals surface area contributed by atoms with E-state index >= 15 is 0 Å². The molecular formula is C17H24ClN5O2. The summed E-state index contributed by atoms with van der Waals surface area (Å²) in [7, 11) is 1.88. The van der Waals surface area contributed by atoms with E-state index in [0.29, 0.717) is 5.69 Å². The van der Waals surface area contributed by atoms with Crippen LogP contribution in [0.1, 0.15) is 30.3 Å². The molecule has 2 aromatic rings. The van der Waals surface area contributed by atoms with E-state index in [1.165, 1.54) is 0 Å². The van der Waals surface area contributed by atoms with E-state index in [2.05, 4.69) is 20.8 Å². The summed E-state index contributed by atoms with van der Waals surface area (Å²) in [6.45, 7) is 3.25. The molecule has 1 aromatic heterocycles. The van der Waals surface area contributed by atoms with Gasteiger partial charge in [0, 0.05) is 24.5 Å². The number of carbonyl (C=O) groups excluding carboxylic acids is 2. The number of benzene rings is 1. The highest BCUT2D eigenvalue weighted by atomic mass is 35.5. The SMILES string of the molecule is CNCC1CCCN1C(=O)C(C)NC(=O)c1n[nH]c2ccccc12.Cl. The standard InChI is InChI=1S/C17H23N5O2.ClH/c1-11(17(24)22-9-5-6-12(22)10-18-2)19-16(23)15-13-7-3-4-8-14(13)20-21-15;/h3-4,7-8,11-12,18H,5-6,9-10H2,1-2H3,(H,19,23)(H,20,21);1H. The summed E-state index contributed by atoms with van der Waals surface area (Å²) in [5.74, 6) is -0.376. The number of fused-ring (bicyclic) bond motifs is 1. The van der Waals surface area contributed by atoms with Crippen LogP contribution >= 0.6 is 12.4 Å². The van der Waals surface area contributed by atoms with Gasteiger partial charge in [0.1, 0.15) is 6.04 Å². The number of hydrogen-bond acceptors (Lipinski definition) is 4. The highest BCUT2D eigenvalue weighted by Crippen LogP contribution is 2.18. The maximum absolute atomic E-state index is 12.7. The average Bonchev–Trinajstić information content (AvgIpc) is 3.21. The molecule has 3 N–H and O–H groups in total. The highest BCUT2D eigenvalue weighted by molar-refractivity contribution is 6.05. The smallest absolute Gasteiger partial charge is 0.273 e. The minimum atomic E-state index is -0.578. The summed E-state index contributed by atoms with van der Waals surface area (Å²) < 4.78 is 0. The van der Waals surface area contributed by atoms with Gasteiger partial charge in [-0.3, -0.25) is 14.7 Å². The summed E-state index contributed by atoms with van der Waals surface area (Å²) in [5, 5.41) is 13.6. The predicted molar refractivity (Wildman–Crippen MR) is 98.9 cm³/mol. The highest BCUT2D eigenvalue weighted by Gasteiger charge is 2.31. The van der Waals surface area contributed by atoms with E-state index < -0.39 is 6.04 Å². The van der Waals surface area contributed by atoms with E-state index in [4.69, 9.17) is 0 Å². The number of halogens is 1. The van der Waals surface area contributed by atoms with Gasteiger partial charge < -0.3 is 15.5 Å². The molecule has 0 saturated carbocycles. The van der Waals surface area contributed by atoms with Gasteiger partial charge in [0.05, 0.1) is 5.52 Å². The molecule has 3 rings (SSSR count). The van der Waals surface area contributed by atoms with Crippen LogP contribution in [0.4, 0.5) is 0 Å². The third-order valence-corrected chi connectivity index (χ3v) is 4.50. The van der Waals surface area contributed by atoms with Crippen LogP contribution in [-0.4, -0.2) is 59.1 Å². The van der Waals surface area contributed by atoms with Crippen LogP contribution in [-0.2, 0) is 4.79 Å². The molecule has 2 atom stereocenters. The van der Waals surface area contributed by atoms with Crippen molar-refractivity contribution >= 4 is 35.1 Å². The zero-order chi connectivity index (χ0) is 17.1. The molecule has 2 amide bonds. The second-order valence-electron chi connectivity index (χ2n) is 6.20. The fourth-order valence-electron chi connectivity index (χ4n) is 3.29. The molecule has 0 radical (unpaired) electrons. The van der Waals surface area contributed by atoms with Gasteiger partial charge in [0.2, 0.25) is 5.91 Å². The van der Waals surface area contributed by atoms with E-state index in [1.807, 2.05) is 36.2 Å². The molecule has 7 nitrogen and oxygen atoms in total. The lowest BCUT2D eigenvalue weighted by Crippen LogP contribution is -2.50. The Kier molecular flexibility index (Phi) is 6.39. The second kappa shape index (κ2) is 8.31. The molecule has 0 aliphatic carbocycles. The van der Waals surface area contributed by atoms with Crippen LogP contribution in [0.2, 0.25) is 0 Å². The van der Waals surface area contributed by atoms with Crippen LogP contribution in [0, 0.1) is 0 Å². The Morgan fingerprint density at radius 3 is 2.92 bits per heavy atom. The van der Waals surface area contributed by atoms with Gasteiger partial charge in [0.15, 0.2) is 5.69 Å². The fraction of sp³-hybridized carbons (Fsp3) is 0.471. The van der Waals surface area contributed by atoms with E-state index in [1.54, 1.807) is 6.92 Å². The first-order chi connectivity index (χ1) is 11.6. The molecule has 1 aliphatic rings. The number of likely N-dealkylation sites (N-methyl/N-ethyl adjacent to an activating group) is 1. The molecule has 136 valence electrons. The number of hydrogen-bond donors (Lipinski definition) is 3.